The maximum absolute atomic E-state index is 10.8. The van der Waals surface area contributed by atoms with Crippen LogP contribution in [0.5, 0.6) is 0 Å². The molecule has 2 aromatic rings. The van der Waals surface area contributed by atoms with Crippen LogP contribution in [0.2, 0.25) is 0 Å². The highest BCUT2D eigenvalue weighted by Crippen LogP contribution is 2.75. The molecule has 0 unspecified atom stereocenters. The first-order valence-electron chi connectivity index (χ1n) is 13.4. The SMILES string of the molecule is Cc1ccc(C2=NN3C(C#N)(C#N)C4=C(CCCCCC4)[C@@]3(c3ccc(C)cc3)[C@H]3[C@@H]2C3(C)C)cc1. The molecule has 2 aromatic carbocycles. The van der Waals surface area contributed by atoms with Gasteiger partial charge in [0.05, 0.1) is 5.71 Å². The Bertz CT molecular complexity index is 1350. The summed E-state index contributed by atoms with van der Waals surface area (Å²) in [5, 5.41) is 28.9. The number of aryl methyl sites for hydroxylation is 2. The molecule has 36 heavy (non-hydrogen) atoms. The van der Waals surface area contributed by atoms with E-state index in [1.807, 2.05) is 5.01 Å². The van der Waals surface area contributed by atoms with Crippen molar-refractivity contribution in [3.8, 4) is 12.1 Å². The molecule has 1 saturated carbocycles. The molecule has 0 bridgehead atoms. The molecule has 0 aromatic heterocycles. The highest BCUT2D eigenvalue weighted by molar-refractivity contribution is 6.06. The number of nitriles is 2. The van der Waals surface area contributed by atoms with E-state index in [4.69, 9.17) is 5.10 Å². The Morgan fingerprint density at radius 3 is 1.94 bits per heavy atom. The van der Waals surface area contributed by atoms with Gasteiger partial charge < -0.3 is 0 Å². The van der Waals surface area contributed by atoms with Crippen LogP contribution in [0.1, 0.15) is 74.6 Å². The summed E-state index contributed by atoms with van der Waals surface area (Å²) >= 11 is 0. The summed E-state index contributed by atoms with van der Waals surface area (Å²) in [6.45, 7) is 8.92. The van der Waals surface area contributed by atoms with Crippen molar-refractivity contribution in [1.82, 2.24) is 5.01 Å². The number of benzene rings is 2. The zero-order valence-corrected chi connectivity index (χ0v) is 21.8. The summed E-state index contributed by atoms with van der Waals surface area (Å²) in [5.74, 6) is 0.514. The number of hydrogen-bond acceptors (Lipinski definition) is 4. The number of hydrogen-bond donors (Lipinski definition) is 0. The van der Waals surface area contributed by atoms with Crippen LogP contribution in [0.15, 0.2) is 64.8 Å². The minimum Gasteiger partial charge on any atom is -0.244 e. The van der Waals surface area contributed by atoms with Crippen molar-refractivity contribution < 1.29 is 0 Å². The lowest BCUT2D eigenvalue weighted by molar-refractivity contribution is 0.0625. The van der Waals surface area contributed by atoms with E-state index in [0.717, 1.165) is 49.0 Å². The van der Waals surface area contributed by atoms with Crippen molar-refractivity contribution in [3.05, 3.63) is 81.9 Å². The Hall–Kier alpha value is -3.37. The molecule has 4 nitrogen and oxygen atoms in total. The normalized spacial score (nSPS) is 29.5. The van der Waals surface area contributed by atoms with Gasteiger partial charge in [-0.2, -0.15) is 15.6 Å². The van der Waals surface area contributed by atoms with Crippen molar-refractivity contribution in [1.29, 1.82) is 10.5 Å². The summed E-state index contributed by atoms with van der Waals surface area (Å²) in [6.07, 6.45) is 6.19. The summed E-state index contributed by atoms with van der Waals surface area (Å²) in [4.78, 5) is 0. The van der Waals surface area contributed by atoms with Crippen LogP contribution in [0.4, 0.5) is 0 Å². The summed E-state index contributed by atoms with van der Waals surface area (Å²) in [7, 11) is 0. The highest BCUT2D eigenvalue weighted by Gasteiger charge is 2.78. The van der Waals surface area contributed by atoms with E-state index in [2.05, 4.69) is 88.4 Å². The molecular weight excluding hydrogens is 440 g/mol. The van der Waals surface area contributed by atoms with Crippen molar-refractivity contribution in [2.45, 2.75) is 77.3 Å². The fourth-order valence-corrected chi connectivity index (χ4v) is 7.67. The van der Waals surface area contributed by atoms with Gasteiger partial charge in [0.1, 0.15) is 17.7 Å². The first kappa shape index (κ1) is 23.1. The molecule has 0 saturated heterocycles. The molecule has 1 fully saturated rings. The average molecular weight is 475 g/mol. The Balaban J connectivity index is 1.69. The maximum atomic E-state index is 10.8. The van der Waals surface area contributed by atoms with Gasteiger partial charge in [0.2, 0.25) is 0 Å². The van der Waals surface area contributed by atoms with Crippen LogP contribution in [-0.4, -0.2) is 16.3 Å². The molecule has 2 aliphatic heterocycles. The Labute approximate surface area is 214 Å². The van der Waals surface area contributed by atoms with Gasteiger partial charge in [-0.1, -0.05) is 86.3 Å². The van der Waals surface area contributed by atoms with Crippen LogP contribution in [-0.2, 0) is 5.54 Å². The largest absolute Gasteiger partial charge is 0.252 e. The quantitative estimate of drug-likeness (QED) is 0.443. The van der Waals surface area contributed by atoms with Crippen LogP contribution in [0.25, 0.3) is 0 Å². The first-order chi connectivity index (χ1) is 17.3. The summed E-state index contributed by atoms with van der Waals surface area (Å²) < 4.78 is 0. The highest BCUT2D eigenvalue weighted by atomic mass is 15.6. The third-order valence-electron chi connectivity index (χ3n) is 9.46. The molecular formula is C32H34N4. The second-order valence-electron chi connectivity index (χ2n) is 11.9. The average Bonchev–Trinajstić information content (AvgIpc) is 3.36. The molecule has 182 valence electrons. The molecule has 4 aliphatic rings. The van der Waals surface area contributed by atoms with E-state index < -0.39 is 11.1 Å². The molecule has 6 rings (SSSR count). The van der Waals surface area contributed by atoms with Crippen LogP contribution < -0.4 is 0 Å². The molecule has 4 heteroatoms. The van der Waals surface area contributed by atoms with E-state index in [-0.39, 0.29) is 17.3 Å². The topological polar surface area (TPSA) is 63.2 Å². The van der Waals surface area contributed by atoms with Gasteiger partial charge in [0, 0.05) is 11.8 Å². The smallest absolute Gasteiger partial charge is 0.244 e. The molecule has 0 radical (unpaired) electrons. The second-order valence-corrected chi connectivity index (χ2v) is 11.9. The first-order valence-corrected chi connectivity index (χ1v) is 13.4. The number of nitrogens with zero attached hydrogens (tertiary/aromatic N) is 4. The van der Waals surface area contributed by atoms with Crippen molar-refractivity contribution in [2.24, 2.45) is 22.4 Å². The van der Waals surface area contributed by atoms with E-state index >= 15 is 0 Å². The minimum absolute atomic E-state index is 0.00910. The Morgan fingerprint density at radius 1 is 0.806 bits per heavy atom. The van der Waals surface area contributed by atoms with Gasteiger partial charge >= 0.3 is 0 Å². The Kier molecular flexibility index (Phi) is 5.00. The lowest BCUT2D eigenvalue weighted by atomic mass is 9.72. The molecule has 2 heterocycles. The minimum atomic E-state index is -1.38. The van der Waals surface area contributed by atoms with E-state index in [0.29, 0.717) is 0 Å². The van der Waals surface area contributed by atoms with Gasteiger partial charge in [-0.3, -0.25) is 0 Å². The fourth-order valence-electron chi connectivity index (χ4n) is 7.67. The lowest BCUT2D eigenvalue weighted by Crippen LogP contribution is -2.55. The second kappa shape index (κ2) is 7.81. The van der Waals surface area contributed by atoms with E-state index in [9.17, 15) is 10.5 Å². The zero-order valence-electron chi connectivity index (χ0n) is 21.8. The fraction of sp³-hybridized carbons (Fsp3) is 0.469. The van der Waals surface area contributed by atoms with Crippen LogP contribution in [0, 0.1) is 53.8 Å². The third-order valence-corrected chi connectivity index (χ3v) is 9.46. The summed E-state index contributed by atoms with van der Waals surface area (Å²) in [5.41, 5.74) is 6.12. The third kappa shape index (κ3) is 2.82. The molecule has 2 aliphatic carbocycles. The number of rotatable bonds is 2. The van der Waals surface area contributed by atoms with E-state index in [1.54, 1.807) is 0 Å². The monoisotopic (exact) mass is 474 g/mol. The van der Waals surface area contributed by atoms with Gasteiger partial charge in [0.15, 0.2) is 0 Å². The molecule has 3 atom stereocenters. The van der Waals surface area contributed by atoms with Gasteiger partial charge in [0.25, 0.3) is 5.54 Å². The Morgan fingerprint density at radius 2 is 1.36 bits per heavy atom. The maximum Gasteiger partial charge on any atom is 0.252 e. The zero-order chi connectivity index (χ0) is 25.3. The van der Waals surface area contributed by atoms with Crippen molar-refractivity contribution >= 4 is 5.71 Å². The van der Waals surface area contributed by atoms with Gasteiger partial charge in [-0.15, -0.1) is 0 Å². The van der Waals surface area contributed by atoms with E-state index in [1.165, 1.54) is 28.7 Å². The number of hydrazone groups is 1. The predicted octanol–water partition coefficient (Wildman–Crippen LogP) is 6.94. The molecule has 0 amide bonds. The van der Waals surface area contributed by atoms with Crippen molar-refractivity contribution in [3.63, 3.8) is 0 Å². The number of fused-ring (bicyclic) bond motifs is 4. The van der Waals surface area contributed by atoms with Gasteiger partial charge in [-0.25, -0.2) is 5.01 Å². The lowest BCUT2D eigenvalue weighted by Gasteiger charge is -2.46. The van der Waals surface area contributed by atoms with Crippen LogP contribution >= 0.6 is 0 Å². The predicted molar refractivity (Wildman–Crippen MR) is 142 cm³/mol. The molecule has 0 spiro atoms. The van der Waals surface area contributed by atoms with Gasteiger partial charge in [-0.05, 0) is 67.2 Å². The standard InChI is InChI=1S/C32H34N4/c1-21-11-15-23(16-12-21)28-27-29(30(27,3)4)32(24-17-13-22(2)14-18-24)26-10-8-6-5-7-9-25(26)31(19-33,20-34)36(32)35-28/h11-18,27,29H,5-10H2,1-4H3/t27-,29+,32+/m1/s1. The van der Waals surface area contributed by atoms with Crippen LogP contribution in [0.3, 0.4) is 0 Å². The summed E-state index contributed by atoms with van der Waals surface area (Å²) in [6, 6.07) is 22.4. The molecule has 0 N–H and O–H groups in total. The van der Waals surface area contributed by atoms with Crippen molar-refractivity contribution in [2.75, 3.05) is 0 Å².